The Bertz CT molecular complexity index is 549. The largest absolute Gasteiger partial charge is 0.466 e. The molecule has 7 heteroatoms. The molecule has 1 saturated heterocycles. The lowest BCUT2D eigenvalue weighted by Crippen LogP contribution is -2.42. The molecule has 2 fully saturated rings. The van der Waals surface area contributed by atoms with Crippen LogP contribution in [0.1, 0.15) is 60.3 Å². The maximum absolute atomic E-state index is 12.1. The van der Waals surface area contributed by atoms with Crippen LogP contribution in [-0.4, -0.2) is 65.7 Å². The Morgan fingerprint density at radius 2 is 1.78 bits per heavy atom. The van der Waals surface area contributed by atoms with Crippen LogP contribution < -0.4 is 0 Å². The van der Waals surface area contributed by atoms with Gasteiger partial charge in [-0.1, -0.05) is 0 Å². The van der Waals surface area contributed by atoms with Gasteiger partial charge < -0.3 is 19.3 Å². The fourth-order valence-corrected chi connectivity index (χ4v) is 3.64. The van der Waals surface area contributed by atoms with E-state index in [2.05, 4.69) is 0 Å². The van der Waals surface area contributed by atoms with E-state index >= 15 is 0 Å². The van der Waals surface area contributed by atoms with E-state index < -0.39 is 5.60 Å². The van der Waals surface area contributed by atoms with Gasteiger partial charge in [0.2, 0.25) is 5.91 Å². The summed E-state index contributed by atoms with van der Waals surface area (Å²) in [5, 5.41) is 0. The number of carbonyl (C=O) groups excluding carboxylic acids is 3. The van der Waals surface area contributed by atoms with Crippen LogP contribution in [0.15, 0.2) is 0 Å². The molecular weight excluding hydrogens is 348 g/mol. The molecule has 2 rings (SSSR count). The topological polar surface area (TPSA) is 76.2 Å². The second-order valence-electron chi connectivity index (χ2n) is 8.57. The van der Waals surface area contributed by atoms with E-state index in [1.54, 1.807) is 18.7 Å². The fourth-order valence-electron chi connectivity index (χ4n) is 3.64. The van der Waals surface area contributed by atoms with Gasteiger partial charge in [-0.2, -0.15) is 0 Å². The molecule has 1 saturated carbocycles. The molecular formula is C20H34N2O5. The first-order valence-corrected chi connectivity index (χ1v) is 10.0. The smallest absolute Gasteiger partial charge is 0.410 e. The summed E-state index contributed by atoms with van der Waals surface area (Å²) in [4.78, 5) is 39.6. The summed E-state index contributed by atoms with van der Waals surface area (Å²) < 4.78 is 10.5. The number of hydrogen-bond acceptors (Lipinski definition) is 5. The minimum absolute atomic E-state index is 0.0107. The first-order valence-electron chi connectivity index (χ1n) is 10.0. The zero-order valence-electron chi connectivity index (χ0n) is 17.3. The molecule has 154 valence electrons. The standard InChI is InChI=1S/C20H34N2O5/c1-6-26-18(24)16-13-17(16)22(14(2)23)12-9-15-7-10-21(11-8-15)19(25)27-20(3,4)5/h15-17H,6-13H2,1-5H3/t16-,17-/m1/s1. The number of carbonyl (C=O) groups is 3. The Morgan fingerprint density at radius 3 is 2.30 bits per heavy atom. The van der Waals surface area contributed by atoms with Crippen molar-refractivity contribution in [2.45, 2.75) is 71.9 Å². The molecule has 0 radical (unpaired) electrons. The molecule has 0 unspecified atom stereocenters. The third-order valence-electron chi connectivity index (χ3n) is 5.20. The average molecular weight is 383 g/mol. The van der Waals surface area contributed by atoms with E-state index in [4.69, 9.17) is 9.47 Å². The molecule has 1 aliphatic heterocycles. The van der Waals surface area contributed by atoms with Crippen LogP contribution >= 0.6 is 0 Å². The van der Waals surface area contributed by atoms with Crippen molar-refractivity contribution in [3.8, 4) is 0 Å². The van der Waals surface area contributed by atoms with Crippen molar-refractivity contribution >= 4 is 18.0 Å². The molecule has 1 heterocycles. The minimum atomic E-state index is -0.477. The van der Waals surface area contributed by atoms with Crippen LogP contribution in [-0.2, 0) is 19.1 Å². The SMILES string of the molecule is CCOC(=O)[C@@H]1C[C@H]1N(CCC1CCN(C(=O)OC(C)(C)C)CC1)C(C)=O. The molecule has 7 nitrogen and oxygen atoms in total. The molecule has 0 N–H and O–H groups in total. The van der Waals surface area contributed by atoms with E-state index in [0.29, 0.717) is 38.6 Å². The van der Waals surface area contributed by atoms with Crippen molar-refractivity contribution < 1.29 is 23.9 Å². The molecule has 0 aromatic rings. The van der Waals surface area contributed by atoms with Gasteiger partial charge in [-0.15, -0.1) is 0 Å². The Labute approximate surface area is 162 Å². The van der Waals surface area contributed by atoms with Crippen molar-refractivity contribution in [3.63, 3.8) is 0 Å². The highest BCUT2D eigenvalue weighted by Gasteiger charge is 2.48. The lowest BCUT2D eigenvalue weighted by Gasteiger charge is -2.34. The highest BCUT2D eigenvalue weighted by Crippen LogP contribution is 2.37. The summed E-state index contributed by atoms with van der Waals surface area (Å²) in [6, 6.07) is -0.0107. The fraction of sp³-hybridized carbons (Fsp3) is 0.850. The number of nitrogens with zero attached hydrogens (tertiary/aromatic N) is 2. The van der Waals surface area contributed by atoms with Crippen LogP contribution in [0.3, 0.4) is 0 Å². The van der Waals surface area contributed by atoms with Crippen molar-refractivity contribution in [1.29, 1.82) is 0 Å². The van der Waals surface area contributed by atoms with Crippen molar-refractivity contribution in [1.82, 2.24) is 9.80 Å². The maximum Gasteiger partial charge on any atom is 0.410 e. The minimum Gasteiger partial charge on any atom is -0.466 e. The Kier molecular flexibility index (Phi) is 7.12. The van der Waals surface area contributed by atoms with Gasteiger partial charge in [0.1, 0.15) is 5.60 Å². The van der Waals surface area contributed by atoms with E-state index in [9.17, 15) is 14.4 Å². The van der Waals surface area contributed by atoms with Crippen LogP contribution in [0.5, 0.6) is 0 Å². The summed E-state index contributed by atoms with van der Waals surface area (Å²) in [6.45, 7) is 11.4. The number of piperidine rings is 1. The van der Waals surface area contributed by atoms with Gasteiger partial charge in [0, 0.05) is 32.6 Å². The number of amides is 2. The zero-order valence-corrected chi connectivity index (χ0v) is 17.3. The second-order valence-corrected chi connectivity index (χ2v) is 8.57. The lowest BCUT2D eigenvalue weighted by molar-refractivity contribution is -0.145. The average Bonchev–Trinajstić information content (AvgIpc) is 3.34. The van der Waals surface area contributed by atoms with Crippen LogP contribution in [0, 0.1) is 11.8 Å². The molecule has 0 spiro atoms. The van der Waals surface area contributed by atoms with Crippen molar-refractivity contribution in [3.05, 3.63) is 0 Å². The molecule has 0 aromatic carbocycles. The number of esters is 1. The van der Waals surface area contributed by atoms with Crippen LogP contribution in [0.2, 0.25) is 0 Å². The highest BCUT2D eigenvalue weighted by atomic mass is 16.6. The lowest BCUT2D eigenvalue weighted by atomic mass is 9.93. The van der Waals surface area contributed by atoms with Gasteiger partial charge in [-0.05, 0) is 59.3 Å². The third-order valence-corrected chi connectivity index (χ3v) is 5.20. The number of rotatable bonds is 6. The summed E-state index contributed by atoms with van der Waals surface area (Å²) in [5.74, 6) is 0.130. The van der Waals surface area contributed by atoms with Gasteiger partial charge in [-0.25, -0.2) is 4.79 Å². The van der Waals surface area contributed by atoms with E-state index in [1.807, 2.05) is 25.7 Å². The predicted octanol–water partition coefficient (Wildman–Crippen LogP) is 2.82. The molecule has 27 heavy (non-hydrogen) atoms. The van der Waals surface area contributed by atoms with Gasteiger partial charge in [0.15, 0.2) is 0 Å². The molecule has 0 bridgehead atoms. The maximum atomic E-state index is 12.1. The van der Waals surface area contributed by atoms with Gasteiger partial charge in [0.05, 0.1) is 12.5 Å². The monoisotopic (exact) mass is 382 g/mol. The van der Waals surface area contributed by atoms with Crippen LogP contribution in [0.25, 0.3) is 0 Å². The Balaban J connectivity index is 1.75. The number of hydrogen-bond donors (Lipinski definition) is 0. The zero-order chi connectivity index (χ0) is 20.2. The van der Waals surface area contributed by atoms with E-state index in [0.717, 1.165) is 19.3 Å². The van der Waals surface area contributed by atoms with Gasteiger partial charge in [-0.3, -0.25) is 9.59 Å². The third kappa shape index (κ3) is 6.40. The summed E-state index contributed by atoms with van der Waals surface area (Å²) >= 11 is 0. The number of ether oxygens (including phenoxy) is 2. The predicted molar refractivity (Wildman–Crippen MR) is 101 cm³/mol. The van der Waals surface area contributed by atoms with E-state index in [-0.39, 0.29) is 29.9 Å². The molecule has 2 amide bonds. The number of likely N-dealkylation sites (tertiary alicyclic amines) is 1. The Morgan fingerprint density at radius 1 is 1.15 bits per heavy atom. The second kappa shape index (κ2) is 8.93. The normalized spacial score (nSPS) is 22.9. The first kappa shape index (κ1) is 21.5. The van der Waals surface area contributed by atoms with Crippen molar-refractivity contribution in [2.75, 3.05) is 26.2 Å². The highest BCUT2D eigenvalue weighted by molar-refractivity contribution is 5.80. The van der Waals surface area contributed by atoms with Crippen LogP contribution in [0.4, 0.5) is 4.79 Å². The van der Waals surface area contributed by atoms with Gasteiger partial charge >= 0.3 is 12.1 Å². The quantitative estimate of drug-likeness (QED) is 0.660. The first-order chi connectivity index (χ1) is 12.6. The summed E-state index contributed by atoms with van der Waals surface area (Å²) in [5.41, 5.74) is -0.477. The Hall–Kier alpha value is -1.79. The molecule has 2 aliphatic rings. The van der Waals surface area contributed by atoms with Crippen molar-refractivity contribution in [2.24, 2.45) is 11.8 Å². The van der Waals surface area contributed by atoms with Gasteiger partial charge in [0.25, 0.3) is 0 Å². The van der Waals surface area contributed by atoms with E-state index in [1.165, 1.54) is 0 Å². The summed E-state index contributed by atoms with van der Waals surface area (Å²) in [6.07, 6.45) is 3.18. The molecule has 2 atom stereocenters. The summed E-state index contributed by atoms with van der Waals surface area (Å²) in [7, 11) is 0. The molecule has 0 aromatic heterocycles. The molecule has 1 aliphatic carbocycles.